The quantitative estimate of drug-likeness (QED) is 0.196. The molecule has 16 heteroatoms. The van der Waals surface area contributed by atoms with Gasteiger partial charge in [-0.05, 0) is 0 Å². The minimum atomic E-state index is -4.57. The molecule has 0 unspecified atom stereocenters. The first-order valence-corrected chi connectivity index (χ1v) is 14.1. The van der Waals surface area contributed by atoms with Crippen LogP contribution in [0.15, 0.2) is 64.4 Å². The van der Waals surface area contributed by atoms with Gasteiger partial charge in [0.25, 0.3) is 0 Å². The van der Waals surface area contributed by atoms with Crippen molar-refractivity contribution < 1.29 is 42.1 Å². The van der Waals surface area contributed by atoms with Crippen LogP contribution in [0, 0.1) is 5.82 Å². The number of carbonyl (C=O) groups is 1. The molecule has 5 atom stereocenters. The van der Waals surface area contributed by atoms with Crippen LogP contribution in [0.1, 0.15) is 20.1 Å². The van der Waals surface area contributed by atoms with Crippen molar-refractivity contribution in [2.24, 2.45) is 0 Å². The number of hydrogen-bond donors (Lipinski definition) is 4. The number of H-pyrrole nitrogens is 1. The summed E-state index contributed by atoms with van der Waals surface area (Å²) in [7, 11) is -3.43. The first kappa shape index (κ1) is 30.4. The predicted octanol–water partition coefficient (Wildman–Crippen LogP) is 1.37. The van der Waals surface area contributed by atoms with Gasteiger partial charge in [0.2, 0.25) is 0 Å². The van der Waals surface area contributed by atoms with E-state index in [0.717, 1.165) is 30.9 Å². The van der Waals surface area contributed by atoms with E-state index in [-0.39, 0.29) is 11.4 Å². The summed E-state index contributed by atoms with van der Waals surface area (Å²) >= 11 is 0. The number of ether oxygens (including phenoxy) is 2. The zero-order valence-electron chi connectivity index (χ0n) is 22.1. The Morgan fingerprint density at radius 3 is 2.63 bits per heavy atom. The number of aromatic nitrogens is 3. The Labute approximate surface area is 232 Å². The number of benzene rings is 1. The van der Waals surface area contributed by atoms with Gasteiger partial charge in [0.1, 0.15) is 0 Å². The Hall–Kier alpha value is -3.59. The third-order valence-electron chi connectivity index (χ3n) is 6.36. The summed E-state index contributed by atoms with van der Waals surface area (Å²) < 4.78 is 52.0. The fourth-order valence-corrected chi connectivity index (χ4v) is 5.92. The van der Waals surface area contributed by atoms with Crippen LogP contribution in [0.25, 0.3) is 11.3 Å². The van der Waals surface area contributed by atoms with Gasteiger partial charge in [0.15, 0.2) is 0 Å². The second-order valence-electron chi connectivity index (χ2n) is 9.38. The molecule has 0 radical (unpaired) electrons. The minimum absolute atomic E-state index is 0.0599. The van der Waals surface area contributed by atoms with Crippen molar-refractivity contribution >= 4 is 14.1 Å². The van der Waals surface area contributed by atoms with Crippen LogP contribution in [0.2, 0.25) is 0 Å². The molecule has 3 heterocycles. The van der Waals surface area contributed by atoms with Gasteiger partial charge in [-0.3, -0.25) is 0 Å². The summed E-state index contributed by atoms with van der Waals surface area (Å²) in [6, 6.07) is 8.37. The number of methoxy groups -OCH3 is 1. The molecule has 0 spiro atoms. The van der Waals surface area contributed by atoms with Crippen molar-refractivity contribution in [3.05, 3.63) is 81.5 Å². The van der Waals surface area contributed by atoms with Crippen molar-refractivity contribution in [3.8, 4) is 17.0 Å². The number of pyridine rings is 1. The van der Waals surface area contributed by atoms with Gasteiger partial charge in [0, 0.05) is 0 Å². The number of aliphatic hydroxyl groups is 1. The molecule has 1 saturated heterocycles. The van der Waals surface area contributed by atoms with E-state index in [0.29, 0.717) is 5.56 Å². The number of rotatable bonds is 10. The number of hydrogen-bond acceptors (Lipinski definition) is 11. The van der Waals surface area contributed by atoms with Gasteiger partial charge in [-0.25, -0.2) is 0 Å². The van der Waals surface area contributed by atoms with Crippen molar-refractivity contribution in [2.75, 3.05) is 13.7 Å². The molecule has 222 valence electrons. The molecule has 1 aliphatic heterocycles. The number of aromatic amines is 1. The molecule has 2 aromatic heterocycles. The van der Waals surface area contributed by atoms with Crippen molar-refractivity contribution in [1.29, 1.82) is 0 Å². The number of nitrogens with zero attached hydrogens (tertiary/aromatic N) is 2. The average molecular weight is 598 g/mol. The van der Waals surface area contributed by atoms with E-state index in [2.05, 4.69) is 14.8 Å². The standard InChI is InChI=1S/C25H29F2N4O9P/c1-14(22(34)37-3)30-41(36,40-16-8-6-15(7-9-16)20-17(26)5-4-11-28-20)38-13-18-21(33)25(2,27)23(39-18)31-12-10-19(32)29-24(31)35/h4-12,14,18,21,23,30,33,36,41H,13H2,1-3H3,(H,29,32,35)/t14-,18+,21+,23+,25+/m0/s1. The van der Waals surface area contributed by atoms with E-state index < -0.39 is 67.9 Å². The molecule has 0 aliphatic carbocycles. The molecule has 13 nitrogen and oxygen atoms in total. The zero-order valence-corrected chi connectivity index (χ0v) is 23.1. The summed E-state index contributed by atoms with van der Waals surface area (Å²) in [5.74, 6) is -1.24. The van der Waals surface area contributed by atoms with Crippen LogP contribution in [-0.4, -0.2) is 68.1 Å². The Balaban J connectivity index is 1.54. The summed E-state index contributed by atoms with van der Waals surface area (Å²) in [4.78, 5) is 52.9. The molecule has 4 N–H and O–H groups in total. The topological polar surface area (TPSA) is 174 Å². The molecule has 0 saturated carbocycles. The molecule has 0 amide bonds. The maximum atomic E-state index is 15.5. The Kier molecular flexibility index (Phi) is 8.97. The third-order valence-corrected chi connectivity index (χ3v) is 8.23. The fourth-order valence-electron chi connectivity index (χ4n) is 4.21. The summed E-state index contributed by atoms with van der Waals surface area (Å²) in [5, 5.41) is 13.2. The molecular weight excluding hydrogens is 569 g/mol. The van der Waals surface area contributed by atoms with Crippen LogP contribution in [-0.2, 0) is 18.8 Å². The number of aliphatic hydroxyl groups excluding tert-OH is 1. The van der Waals surface area contributed by atoms with E-state index in [1.54, 1.807) is 0 Å². The van der Waals surface area contributed by atoms with E-state index in [4.69, 9.17) is 13.8 Å². The zero-order chi connectivity index (χ0) is 29.9. The monoisotopic (exact) mass is 598 g/mol. The molecular formula is C25H29F2N4O9P. The van der Waals surface area contributed by atoms with Crippen molar-refractivity contribution in [3.63, 3.8) is 0 Å². The molecule has 4 rings (SSSR count). The van der Waals surface area contributed by atoms with Crippen LogP contribution >= 0.6 is 8.09 Å². The first-order valence-electron chi connectivity index (χ1n) is 12.3. The van der Waals surface area contributed by atoms with Crippen LogP contribution in [0.5, 0.6) is 5.75 Å². The van der Waals surface area contributed by atoms with Gasteiger partial charge in [-0.15, -0.1) is 0 Å². The SMILES string of the molecule is COC(=O)[C@H](C)N[PH](O)(OC[C@H]1O[C@@H](n2ccc(=O)[nH]c2=O)[C@](C)(F)[C@@H]1O)Oc1ccc(-c2ncccc2F)cc1. The van der Waals surface area contributed by atoms with E-state index in [1.807, 2.05) is 4.98 Å². The van der Waals surface area contributed by atoms with Crippen LogP contribution in [0.3, 0.4) is 0 Å². The molecule has 41 heavy (non-hydrogen) atoms. The average Bonchev–Trinajstić information content (AvgIpc) is 3.15. The van der Waals surface area contributed by atoms with Crippen LogP contribution in [0.4, 0.5) is 8.78 Å². The molecule has 1 aliphatic rings. The summed E-state index contributed by atoms with van der Waals surface area (Å²) in [6.07, 6.45) is -2.45. The maximum absolute atomic E-state index is 15.5. The third kappa shape index (κ3) is 6.67. The number of nitrogens with one attached hydrogen (secondary N) is 2. The Bertz CT molecular complexity index is 1500. The van der Waals surface area contributed by atoms with Gasteiger partial charge in [-0.1, -0.05) is 0 Å². The normalized spacial score (nSPS) is 23.6. The number of carbonyl (C=O) groups excluding carboxylic acids is 1. The predicted molar refractivity (Wildman–Crippen MR) is 142 cm³/mol. The molecule has 1 aromatic carbocycles. The van der Waals surface area contributed by atoms with Gasteiger partial charge in [-0.2, -0.15) is 0 Å². The molecule has 1 fully saturated rings. The summed E-state index contributed by atoms with van der Waals surface area (Å²) in [6.45, 7) is 1.74. The van der Waals surface area contributed by atoms with Crippen LogP contribution < -0.4 is 20.9 Å². The second kappa shape index (κ2) is 12.1. The number of alkyl halides is 1. The Morgan fingerprint density at radius 2 is 2.00 bits per heavy atom. The van der Waals surface area contributed by atoms with E-state index >= 15 is 4.39 Å². The number of esters is 1. The molecule has 0 bridgehead atoms. The first-order chi connectivity index (χ1) is 19.3. The fraction of sp³-hybridized carbons (Fsp3) is 0.360. The van der Waals surface area contributed by atoms with Gasteiger partial charge in [0.05, 0.1) is 0 Å². The second-order valence-corrected chi connectivity index (χ2v) is 11.3. The number of halogens is 2. The van der Waals surface area contributed by atoms with Crippen molar-refractivity contribution in [1.82, 2.24) is 19.6 Å². The van der Waals surface area contributed by atoms with E-state index in [1.165, 1.54) is 49.5 Å². The van der Waals surface area contributed by atoms with E-state index in [9.17, 15) is 28.8 Å². The van der Waals surface area contributed by atoms with Crippen molar-refractivity contribution in [2.45, 2.75) is 44.0 Å². The van der Waals surface area contributed by atoms with Gasteiger partial charge < -0.3 is 0 Å². The molecule has 3 aromatic rings. The Morgan fingerprint density at radius 1 is 1.29 bits per heavy atom. The summed E-state index contributed by atoms with van der Waals surface area (Å²) in [5.41, 5.74) is -3.66. The van der Waals surface area contributed by atoms with Gasteiger partial charge >= 0.3 is 232 Å².